The van der Waals surface area contributed by atoms with Gasteiger partial charge in [-0.15, -0.1) is 5.10 Å². The summed E-state index contributed by atoms with van der Waals surface area (Å²) in [6.07, 6.45) is 7.71. The van der Waals surface area contributed by atoms with Crippen molar-refractivity contribution in [1.29, 1.82) is 0 Å². The third-order valence-electron chi connectivity index (χ3n) is 4.76. The summed E-state index contributed by atoms with van der Waals surface area (Å²) in [5.41, 5.74) is 1.03. The van der Waals surface area contributed by atoms with Crippen LogP contribution in [0, 0.1) is 6.92 Å². The van der Waals surface area contributed by atoms with Crippen molar-refractivity contribution in [2.24, 2.45) is 0 Å². The molecule has 0 spiro atoms. The van der Waals surface area contributed by atoms with E-state index < -0.39 is 5.60 Å². The minimum Gasteiger partial charge on any atom is -0.388 e. The van der Waals surface area contributed by atoms with Crippen molar-refractivity contribution < 1.29 is 9.90 Å². The van der Waals surface area contributed by atoms with Gasteiger partial charge in [-0.1, -0.05) is 43.9 Å². The molecule has 6 heteroatoms. The van der Waals surface area contributed by atoms with Gasteiger partial charge >= 0.3 is 6.03 Å². The quantitative estimate of drug-likeness (QED) is 0.745. The van der Waals surface area contributed by atoms with Gasteiger partial charge in [0.05, 0.1) is 11.3 Å². The van der Waals surface area contributed by atoms with Crippen molar-refractivity contribution in [3.63, 3.8) is 0 Å². The Morgan fingerprint density at radius 2 is 1.88 bits per heavy atom. The van der Waals surface area contributed by atoms with E-state index in [1.165, 1.54) is 0 Å². The topological polar surface area (TPSA) is 79.2 Å². The molecule has 0 saturated heterocycles. The molecule has 3 rings (SSSR count). The average Bonchev–Trinajstić information content (AvgIpc) is 2.83. The second-order valence-corrected chi connectivity index (χ2v) is 6.89. The average molecular weight is 342 g/mol. The van der Waals surface area contributed by atoms with E-state index >= 15 is 0 Å². The lowest BCUT2D eigenvalue weighted by molar-refractivity contribution is 0.0281. The predicted octanol–water partition coefficient (Wildman–Crippen LogP) is 3.39. The van der Waals surface area contributed by atoms with Crippen LogP contribution in [-0.4, -0.2) is 33.1 Å². The van der Waals surface area contributed by atoms with Gasteiger partial charge in [-0.3, -0.25) is 5.32 Å². The van der Waals surface area contributed by atoms with E-state index in [9.17, 15) is 9.90 Å². The molecule has 6 nitrogen and oxygen atoms in total. The lowest BCUT2D eigenvalue weighted by Crippen LogP contribution is -2.44. The second-order valence-electron chi connectivity index (χ2n) is 6.89. The highest BCUT2D eigenvalue weighted by molar-refractivity contribution is 5.88. The van der Waals surface area contributed by atoms with Gasteiger partial charge in [-0.2, -0.15) is 0 Å². The number of nitrogens with one attached hydrogen (secondary N) is 2. The van der Waals surface area contributed by atoms with Crippen LogP contribution in [0.5, 0.6) is 0 Å². The number of aryl methyl sites for hydroxylation is 1. The molecule has 1 aliphatic carbocycles. The number of hydrogen-bond acceptors (Lipinski definition) is 3. The molecule has 1 saturated carbocycles. The van der Waals surface area contributed by atoms with E-state index in [2.05, 4.69) is 15.7 Å². The minimum atomic E-state index is -0.785. The van der Waals surface area contributed by atoms with E-state index in [0.717, 1.165) is 49.8 Å². The Labute approximate surface area is 148 Å². The van der Waals surface area contributed by atoms with Crippen molar-refractivity contribution in [2.45, 2.75) is 51.0 Å². The number of aromatic nitrogens is 2. The summed E-state index contributed by atoms with van der Waals surface area (Å²) in [4.78, 5) is 12.2. The summed E-state index contributed by atoms with van der Waals surface area (Å²) in [5, 5.41) is 20.6. The molecule has 2 aromatic rings. The predicted molar refractivity (Wildman–Crippen MR) is 98.0 cm³/mol. The number of nitrogens with zero attached hydrogens (tertiary/aromatic N) is 2. The molecule has 1 aliphatic rings. The van der Waals surface area contributed by atoms with Gasteiger partial charge in [0.1, 0.15) is 0 Å². The minimum absolute atomic E-state index is 0.275. The van der Waals surface area contributed by atoms with Crippen LogP contribution in [0.4, 0.5) is 10.6 Å². The molecule has 0 bridgehead atoms. The van der Waals surface area contributed by atoms with E-state index in [0.29, 0.717) is 5.82 Å². The fourth-order valence-corrected chi connectivity index (χ4v) is 3.26. The Morgan fingerprint density at radius 1 is 1.20 bits per heavy atom. The highest BCUT2D eigenvalue weighted by Gasteiger charge is 2.28. The molecule has 0 atom stereocenters. The number of anilines is 1. The van der Waals surface area contributed by atoms with Crippen LogP contribution in [0.1, 0.15) is 44.1 Å². The maximum absolute atomic E-state index is 12.2. The number of urea groups is 1. The second kappa shape index (κ2) is 7.70. The third kappa shape index (κ3) is 4.60. The van der Waals surface area contributed by atoms with Crippen LogP contribution < -0.4 is 10.6 Å². The van der Waals surface area contributed by atoms with Gasteiger partial charge in [0, 0.05) is 18.3 Å². The number of rotatable bonds is 4. The summed E-state index contributed by atoms with van der Waals surface area (Å²) in [6, 6.07) is 9.42. The fraction of sp³-hybridized carbons (Fsp3) is 0.474. The van der Waals surface area contributed by atoms with Crippen molar-refractivity contribution in [3.05, 3.63) is 42.1 Å². The highest BCUT2D eigenvalue weighted by Crippen LogP contribution is 2.26. The van der Waals surface area contributed by atoms with Crippen molar-refractivity contribution in [2.75, 3.05) is 11.9 Å². The largest absolute Gasteiger partial charge is 0.388 e. The fourth-order valence-electron chi connectivity index (χ4n) is 3.26. The van der Waals surface area contributed by atoms with Crippen molar-refractivity contribution in [1.82, 2.24) is 15.1 Å². The number of benzene rings is 1. The molecule has 1 aromatic heterocycles. The zero-order chi connectivity index (χ0) is 17.7. The molecule has 134 valence electrons. The molecule has 0 aliphatic heterocycles. The Morgan fingerprint density at radius 3 is 2.56 bits per heavy atom. The molecule has 25 heavy (non-hydrogen) atoms. The highest BCUT2D eigenvalue weighted by atomic mass is 16.3. The molecule has 1 fully saturated rings. The monoisotopic (exact) mass is 342 g/mol. The van der Waals surface area contributed by atoms with Gasteiger partial charge in [-0.05, 0) is 31.9 Å². The smallest absolute Gasteiger partial charge is 0.320 e. The number of aliphatic hydroxyl groups is 1. The van der Waals surface area contributed by atoms with E-state index in [4.69, 9.17) is 0 Å². The molecule has 0 unspecified atom stereocenters. The van der Waals surface area contributed by atoms with Crippen molar-refractivity contribution >= 4 is 11.8 Å². The number of hydrogen-bond donors (Lipinski definition) is 3. The van der Waals surface area contributed by atoms with Crippen LogP contribution >= 0.6 is 0 Å². The zero-order valence-corrected chi connectivity index (χ0v) is 14.7. The van der Waals surface area contributed by atoms with Gasteiger partial charge in [0.15, 0.2) is 5.82 Å². The van der Waals surface area contributed by atoms with Gasteiger partial charge in [0.25, 0.3) is 0 Å². The third-order valence-corrected chi connectivity index (χ3v) is 4.76. The molecule has 1 heterocycles. The van der Waals surface area contributed by atoms with Gasteiger partial charge < -0.3 is 10.4 Å². The summed E-state index contributed by atoms with van der Waals surface area (Å²) in [5.74, 6) is 0.522. The molecular weight excluding hydrogens is 316 g/mol. The normalized spacial score (nSPS) is 16.9. The van der Waals surface area contributed by atoms with Crippen molar-refractivity contribution in [3.8, 4) is 5.69 Å². The summed E-state index contributed by atoms with van der Waals surface area (Å²) >= 11 is 0. The molecule has 3 N–H and O–H groups in total. The summed E-state index contributed by atoms with van der Waals surface area (Å²) in [6.45, 7) is 2.18. The number of para-hydroxylation sites is 1. The summed E-state index contributed by atoms with van der Waals surface area (Å²) in [7, 11) is 0. The number of carbonyl (C=O) groups excluding carboxylic acids is 1. The standard InChI is InChI=1S/C19H26N4O2/c1-15-13-23(16-9-5-4-6-10-16)22-17(15)21-18(24)20-14-19(25)11-7-2-3-8-12-19/h4-6,9-10,13,25H,2-3,7-8,11-12,14H2,1H3,(H2,20,21,22,24). The SMILES string of the molecule is Cc1cn(-c2ccccc2)nc1NC(=O)NCC1(O)CCCCCC1. The molecule has 0 radical (unpaired) electrons. The lowest BCUT2D eigenvalue weighted by atomic mass is 9.95. The van der Waals surface area contributed by atoms with Crippen LogP contribution in [0.3, 0.4) is 0 Å². The first-order chi connectivity index (χ1) is 12.1. The van der Waals surface area contributed by atoms with Gasteiger partial charge in [-0.25, -0.2) is 9.48 Å². The van der Waals surface area contributed by atoms with E-state index in [1.54, 1.807) is 4.68 Å². The molecule has 2 amide bonds. The Balaban J connectivity index is 1.59. The molecular formula is C19H26N4O2. The summed E-state index contributed by atoms with van der Waals surface area (Å²) < 4.78 is 1.74. The first-order valence-corrected chi connectivity index (χ1v) is 8.95. The van der Waals surface area contributed by atoms with E-state index in [1.807, 2.05) is 43.5 Å². The number of amides is 2. The Kier molecular flexibility index (Phi) is 5.38. The van der Waals surface area contributed by atoms with Crippen LogP contribution in [0.25, 0.3) is 5.69 Å². The Bertz CT molecular complexity index is 703. The van der Waals surface area contributed by atoms with Crippen LogP contribution in [0.15, 0.2) is 36.5 Å². The van der Waals surface area contributed by atoms with E-state index in [-0.39, 0.29) is 12.6 Å². The zero-order valence-electron chi connectivity index (χ0n) is 14.7. The molecule has 1 aromatic carbocycles. The van der Waals surface area contributed by atoms with Gasteiger partial charge in [0.2, 0.25) is 0 Å². The van der Waals surface area contributed by atoms with Crippen LogP contribution in [0.2, 0.25) is 0 Å². The van der Waals surface area contributed by atoms with Crippen LogP contribution in [-0.2, 0) is 0 Å². The Hall–Kier alpha value is -2.34. The first kappa shape index (κ1) is 17.5. The maximum atomic E-state index is 12.2. The lowest BCUT2D eigenvalue weighted by Gasteiger charge is -2.26. The maximum Gasteiger partial charge on any atom is 0.320 e. The number of carbonyl (C=O) groups is 1. The first-order valence-electron chi connectivity index (χ1n) is 8.95.